The Labute approximate surface area is 426 Å². The lowest BCUT2D eigenvalue weighted by Crippen LogP contribution is -2.35. The Hall–Kier alpha value is -9.84. The van der Waals surface area contributed by atoms with Crippen molar-refractivity contribution >= 4 is 57.6 Å². The largest absolute Gasteiger partial charge is 0.493 e. The molecular weight excluding hydrogens is 948 g/mol. The Kier molecular flexibility index (Phi) is 16.8. The number of fused-ring (bicyclic) bond motifs is 1. The molecule has 3 amide bonds. The molecule has 0 atom stereocenters. The number of guanidine groups is 2. The van der Waals surface area contributed by atoms with Gasteiger partial charge in [-0.2, -0.15) is 0 Å². The molecule has 0 aliphatic heterocycles. The molecule has 0 radical (unpaired) electrons. The van der Waals surface area contributed by atoms with Crippen molar-refractivity contribution in [3.8, 4) is 51.3 Å². The van der Waals surface area contributed by atoms with Gasteiger partial charge in [0.2, 0.25) is 11.5 Å². The number of methoxy groups -OCH3 is 6. The maximum Gasteiger partial charge on any atom is 0.258 e. The highest BCUT2D eigenvalue weighted by molar-refractivity contribution is 6.11. The Balaban J connectivity index is 0.000000221. The minimum atomic E-state index is -0.563. The maximum absolute atomic E-state index is 13.2. The molecule has 0 fully saturated rings. The van der Waals surface area contributed by atoms with Crippen LogP contribution in [0.3, 0.4) is 0 Å². The first-order chi connectivity index (χ1) is 35.7. The monoisotopic (exact) mass is 1000 g/mol. The molecule has 7 N–H and O–H groups in total. The summed E-state index contributed by atoms with van der Waals surface area (Å²) in [7, 11) is 8.79. The van der Waals surface area contributed by atoms with Gasteiger partial charge < -0.3 is 48.9 Å². The first-order valence-electron chi connectivity index (χ1n) is 22.6. The van der Waals surface area contributed by atoms with Crippen LogP contribution in [0.1, 0.15) is 36.6 Å². The molecule has 8 rings (SSSR count). The van der Waals surface area contributed by atoms with Gasteiger partial charge in [0.25, 0.3) is 17.7 Å². The second-order valence-electron chi connectivity index (χ2n) is 16.1. The first-order valence-corrected chi connectivity index (χ1v) is 22.6. The Morgan fingerprint density at radius 2 is 0.986 bits per heavy atom. The lowest BCUT2D eigenvalue weighted by molar-refractivity contribution is 0.0967. The highest BCUT2D eigenvalue weighted by atomic mass is 19.1. The lowest BCUT2D eigenvalue weighted by atomic mass is 10.0. The summed E-state index contributed by atoms with van der Waals surface area (Å²) in [6.45, 7) is 1.84. The third-order valence-electron chi connectivity index (χ3n) is 11.4. The van der Waals surface area contributed by atoms with Gasteiger partial charge in [-0.3, -0.25) is 35.8 Å². The van der Waals surface area contributed by atoms with Crippen molar-refractivity contribution in [2.24, 2.45) is 0 Å². The Morgan fingerprint density at radius 3 is 1.50 bits per heavy atom. The van der Waals surface area contributed by atoms with Crippen molar-refractivity contribution < 1.29 is 47.2 Å². The van der Waals surface area contributed by atoms with Gasteiger partial charge in [-0.05, 0) is 120 Å². The fraction of sp³-hybridized carbons (Fsp3) is 0.125. The Bertz CT molecular complexity index is 3310. The van der Waals surface area contributed by atoms with Gasteiger partial charge in [0, 0.05) is 45.6 Å². The number of benzene rings is 7. The standard InChI is InChI=1S/C31H29FN4O5.C25H24N4O4/c1-18-5-14-24(34-31(33)36-30(38)22-15-26(39-2)28(41-4)27(16-22)40-3)17-25(18)35-29(37)21-8-6-19(7-9-21)20-10-12-23(32)13-11-20;1-31-21-13-17(14-22(32-2)23(21)33-3)24(30)28-25(26)27-18-8-6-9-19(15-18)29-12-11-16-7-4-5-10-20(16)29/h5-17H,1-4H3,(H,35,37)(H3,33,34,36,38);4-15H,1-3H3,(H3,26,27,28,30). The van der Waals surface area contributed by atoms with Crippen LogP contribution in [0.15, 0.2) is 152 Å². The molecule has 1 heterocycles. The zero-order valence-electron chi connectivity index (χ0n) is 41.4. The average molecular weight is 1000 g/mol. The van der Waals surface area contributed by atoms with E-state index in [1.807, 2.05) is 49.5 Å². The Morgan fingerprint density at radius 1 is 0.486 bits per heavy atom. The van der Waals surface area contributed by atoms with Crippen LogP contribution in [0, 0.1) is 23.6 Å². The summed E-state index contributed by atoms with van der Waals surface area (Å²) in [4.78, 5) is 38.5. The number of hydrogen-bond donors (Lipinski definition) is 7. The minimum absolute atomic E-state index is 0.164. The van der Waals surface area contributed by atoms with E-state index in [1.165, 1.54) is 79.1 Å². The zero-order chi connectivity index (χ0) is 52.9. The number of nitrogens with zero attached hydrogens (tertiary/aromatic N) is 1. The first kappa shape index (κ1) is 52.0. The molecule has 0 bridgehead atoms. The van der Waals surface area contributed by atoms with Crippen LogP contribution in [0.4, 0.5) is 21.5 Å². The van der Waals surface area contributed by atoms with Crippen molar-refractivity contribution in [1.29, 1.82) is 10.8 Å². The molecule has 0 saturated carbocycles. The number of hydrogen-bond acceptors (Lipinski definition) is 11. The number of halogens is 1. The fourth-order valence-corrected chi connectivity index (χ4v) is 7.67. The van der Waals surface area contributed by atoms with Gasteiger partial charge in [0.15, 0.2) is 34.9 Å². The number of amides is 3. The van der Waals surface area contributed by atoms with E-state index in [-0.39, 0.29) is 34.8 Å². The fourth-order valence-electron chi connectivity index (χ4n) is 7.67. The van der Waals surface area contributed by atoms with Crippen LogP contribution >= 0.6 is 0 Å². The molecule has 8 aromatic rings. The van der Waals surface area contributed by atoms with Crippen LogP contribution in [-0.2, 0) is 0 Å². The van der Waals surface area contributed by atoms with Gasteiger partial charge in [-0.25, -0.2) is 4.39 Å². The van der Waals surface area contributed by atoms with Crippen molar-refractivity contribution in [3.05, 3.63) is 180 Å². The number of aromatic nitrogens is 1. The summed E-state index contributed by atoms with van der Waals surface area (Å²) >= 11 is 0. The highest BCUT2D eigenvalue weighted by Crippen LogP contribution is 2.39. The van der Waals surface area contributed by atoms with E-state index >= 15 is 0 Å². The minimum Gasteiger partial charge on any atom is -0.493 e. The number of para-hydroxylation sites is 1. The molecule has 74 heavy (non-hydrogen) atoms. The quantitative estimate of drug-likeness (QED) is 0.0401. The van der Waals surface area contributed by atoms with Gasteiger partial charge in [0.1, 0.15) is 5.82 Å². The molecule has 0 spiro atoms. The molecule has 0 aliphatic rings. The topological polar surface area (TPSA) is 219 Å². The predicted molar refractivity (Wildman–Crippen MR) is 284 cm³/mol. The van der Waals surface area contributed by atoms with Crippen LogP contribution in [0.5, 0.6) is 34.5 Å². The molecular formula is C56H53FN8O9. The van der Waals surface area contributed by atoms with E-state index in [0.717, 1.165) is 33.3 Å². The zero-order valence-corrected chi connectivity index (χ0v) is 41.4. The van der Waals surface area contributed by atoms with Crippen LogP contribution in [0.2, 0.25) is 0 Å². The van der Waals surface area contributed by atoms with E-state index in [4.69, 9.17) is 39.2 Å². The summed E-state index contributed by atoms with van der Waals surface area (Å²) in [5, 5.41) is 31.3. The molecule has 0 saturated heterocycles. The molecule has 1 aromatic heterocycles. The van der Waals surface area contributed by atoms with Crippen molar-refractivity contribution in [2.75, 3.05) is 58.6 Å². The lowest BCUT2D eigenvalue weighted by Gasteiger charge is -2.15. The van der Waals surface area contributed by atoms with E-state index in [0.29, 0.717) is 57.1 Å². The SMILES string of the molecule is COc1cc(C(=O)NC(=N)Nc2ccc(C)c(NC(=O)c3ccc(-c4ccc(F)cc4)cc3)c2)cc(OC)c1OC.COc1cc(C(=O)NC(=N)Nc2cccc(-n3ccc4ccccc43)c2)cc(OC)c1OC. The number of nitrogens with one attached hydrogen (secondary N) is 7. The van der Waals surface area contributed by atoms with E-state index in [9.17, 15) is 18.8 Å². The molecule has 18 heteroatoms. The van der Waals surface area contributed by atoms with Crippen LogP contribution in [0.25, 0.3) is 27.7 Å². The van der Waals surface area contributed by atoms with Gasteiger partial charge in [0.05, 0.1) is 48.2 Å². The normalized spacial score (nSPS) is 10.4. The van der Waals surface area contributed by atoms with Crippen molar-refractivity contribution in [2.45, 2.75) is 6.92 Å². The average Bonchev–Trinajstić information content (AvgIpc) is 3.85. The van der Waals surface area contributed by atoms with E-state index in [1.54, 1.807) is 54.6 Å². The number of anilines is 3. The number of carbonyl (C=O) groups is 3. The summed E-state index contributed by atoms with van der Waals surface area (Å²) in [6, 6.07) is 42.1. The summed E-state index contributed by atoms with van der Waals surface area (Å²) in [6.07, 6.45) is 2.00. The molecule has 0 aliphatic carbocycles. The van der Waals surface area contributed by atoms with Gasteiger partial charge >= 0.3 is 0 Å². The molecule has 0 unspecified atom stereocenters. The molecule has 378 valence electrons. The third kappa shape index (κ3) is 12.4. The summed E-state index contributed by atoms with van der Waals surface area (Å²) in [5.41, 5.74) is 7.12. The van der Waals surface area contributed by atoms with Gasteiger partial charge in [-0.15, -0.1) is 0 Å². The molecule has 7 aromatic carbocycles. The predicted octanol–water partition coefficient (Wildman–Crippen LogP) is 10.3. The number of rotatable bonds is 14. The van der Waals surface area contributed by atoms with Gasteiger partial charge in [-0.1, -0.05) is 54.6 Å². The maximum atomic E-state index is 13.2. The third-order valence-corrected chi connectivity index (χ3v) is 11.4. The van der Waals surface area contributed by atoms with E-state index in [2.05, 4.69) is 49.4 Å². The van der Waals surface area contributed by atoms with Crippen molar-refractivity contribution in [3.63, 3.8) is 0 Å². The number of aryl methyl sites for hydroxylation is 1. The summed E-state index contributed by atoms with van der Waals surface area (Å²) in [5.74, 6) is -0.0656. The number of carbonyl (C=O) groups excluding carboxylic acids is 3. The second-order valence-corrected chi connectivity index (χ2v) is 16.1. The number of ether oxygens (including phenoxy) is 6. The second kappa shape index (κ2) is 23.8. The smallest absolute Gasteiger partial charge is 0.258 e. The van der Waals surface area contributed by atoms with Crippen LogP contribution < -0.4 is 55.0 Å². The highest BCUT2D eigenvalue weighted by Gasteiger charge is 2.20. The summed E-state index contributed by atoms with van der Waals surface area (Å²) < 4.78 is 47.0. The van der Waals surface area contributed by atoms with E-state index < -0.39 is 11.8 Å². The molecule has 17 nitrogen and oxygen atoms in total. The van der Waals surface area contributed by atoms with Crippen LogP contribution in [-0.4, -0.2) is 76.9 Å². The van der Waals surface area contributed by atoms with Crippen molar-refractivity contribution in [1.82, 2.24) is 15.2 Å².